The first-order valence-electron chi connectivity index (χ1n) is 18.9. The van der Waals surface area contributed by atoms with E-state index in [9.17, 15) is 9.90 Å². The van der Waals surface area contributed by atoms with Gasteiger partial charge in [0.1, 0.15) is 45.3 Å². The second-order valence-corrected chi connectivity index (χ2v) is 30.9. The molecule has 8 rings (SSSR count). The SMILES string of the molecule is CC[C@H]1OC(=O)[C@H](OCc2ccccc2)[C@@H]1C.CC[C@H]1OC(O)(c2ccc3c(N)ncnn23)[C@H](OCc2ccccc2)[C@@H]1C.Nc1ncnn2c(I)ccc12.[CH3-].[Cl][La]([Cl])[Cl]. The fourth-order valence-corrected chi connectivity index (χ4v) is 7.52. The number of hydrogen-bond donors (Lipinski definition) is 3. The number of rotatable bonds is 9. The van der Waals surface area contributed by atoms with E-state index in [1.165, 1.54) is 12.7 Å². The van der Waals surface area contributed by atoms with Gasteiger partial charge in [-0.25, -0.2) is 23.8 Å². The zero-order valence-corrected chi connectivity index (χ0v) is 42.0. The first-order valence-corrected chi connectivity index (χ1v) is 33.7. The summed E-state index contributed by atoms with van der Waals surface area (Å²) in [6, 6.07) is 27.1. The maximum absolute atomic E-state index is 11.6. The van der Waals surface area contributed by atoms with Crippen molar-refractivity contribution in [1.82, 2.24) is 29.2 Å². The van der Waals surface area contributed by atoms with Gasteiger partial charge >= 0.3 is 52.0 Å². The van der Waals surface area contributed by atoms with E-state index in [0.29, 0.717) is 36.1 Å². The van der Waals surface area contributed by atoms with Crippen molar-refractivity contribution in [3.8, 4) is 0 Å². The van der Waals surface area contributed by atoms with Crippen LogP contribution in [0.15, 0.2) is 97.6 Å². The van der Waals surface area contributed by atoms with Crippen molar-refractivity contribution in [2.45, 2.75) is 84.0 Å². The second kappa shape index (κ2) is 23.7. The number of nitrogen functional groups attached to an aromatic ring is 2. The van der Waals surface area contributed by atoms with Crippen LogP contribution in [-0.4, -0.2) is 64.7 Å². The molecule has 19 heteroatoms. The summed E-state index contributed by atoms with van der Waals surface area (Å²) in [5, 5.41) is 19.9. The Labute approximate surface area is 384 Å². The quantitative estimate of drug-likeness (QED) is 0.0714. The molecule has 0 saturated carbocycles. The van der Waals surface area contributed by atoms with Gasteiger partial charge in [-0.15, -0.1) is 0 Å². The van der Waals surface area contributed by atoms with Crippen LogP contribution in [0.4, 0.5) is 11.6 Å². The topological polar surface area (TPSA) is 187 Å². The van der Waals surface area contributed by atoms with Gasteiger partial charge in [0.25, 0.3) is 0 Å². The fourth-order valence-electron chi connectivity index (χ4n) is 6.96. The third-order valence-corrected chi connectivity index (χ3v) is 10.8. The van der Waals surface area contributed by atoms with E-state index >= 15 is 0 Å². The van der Waals surface area contributed by atoms with Gasteiger partial charge in [0.05, 0.1) is 19.3 Å². The number of esters is 1. The number of benzene rings is 2. The number of carbonyl (C=O) groups excluding carboxylic acids is 1. The normalized spacial score (nSPS) is 23.0. The van der Waals surface area contributed by atoms with Crippen LogP contribution < -0.4 is 11.5 Å². The number of hydrogen-bond acceptors (Lipinski definition) is 12. The molecule has 0 aliphatic carbocycles. The number of aromatic nitrogens is 6. The van der Waals surface area contributed by atoms with Gasteiger partial charge in [-0.05, 0) is 70.8 Å². The van der Waals surface area contributed by atoms with Crippen LogP contribution in [0.3, 0.4) is 0 Å². The molecule has 0 spiro atoms. The number of aliphatic hydroxyl groups is 1. The third-order valence-electron chi connectivity index (χ3n) is 9.98. The Balaban J connectivity index is 0.000000205. The first kappa shape index (κ1) is 50.0. The molecule has 322 valence electrons. The number of cyclic esters (lactones) is 1. The Morgan fingerprint density at radius 2 is 1.28 bits per heavy atom. The number of halogens is 4. The van der Waals surface area contributed by atoms with Gasteiger partial charge < -0.3 is 42.9 Å². The molecule has 14 nitrogen and oxygen atoms in total. The third kappa shape index (κ3) is 12.5. The molecule has 7 atom stereocenters. The number of nitrogens with zero attached hydrogens (tertiary/aromatic N) is 6. The van der Waals surface area contributed by atoms with E-state index in [1.54, 1.807) is 21.2 Å². The summed E-state index contributed by atoms with van der Waals surface area (Å²) in [4.78, 5) is 19.5. The first-order chi connectivity index (χ1) is 28.3. The predicted octanol–water partition coefficient (Wildman–Crippen LogP) is 8.47. The Morgan fingerprint density at radius 1 is 0.783 bits per heavy atom. The summed E-state index contributed by atoms with van der Waals surface area (Å²) >= 11 is -0.118. The average molecular weight is 1120 g/mol. The van der Waals surface area contributed by atoms with E-state index in [2.05, 4.69) is 42.8 Å². The van der Waals surface area contributed by atoms with Gasteiger partial charge in [-0.1, -0.05) is 88.4 Å². The van der Waals surface area contributed by atoms with Crippen molar-refractivity contribution in [2.24, 2.45) is 11.8 Å². The molecule has 6 heterocycles. The number of nitrogens with two attached hydrogens (primary N) is 2. The average Bonchev–Trinajstić information content (AvgIpc) is 3.98. The summed E-state index contributed by atoms with van der Waals surface area (Å²) in [7, 11) is 0. The van der Waals surface area contributed by atoms with Crippen molar-refractivity contribution in [1.29, 1.82) is 0 Å². The van der Waals surface area contributed by atoms with Gasteiger partial charge in [-0.3, -0.25) is 0 Å². The molecule has 1 unspecified atom stereocenters. The number of anilines is 2. The molecule has 60 heavy (non-hydrogen) atoms. The molecule has 4 aromatic heterocycles. The zero-order chi connectivity index (χ0) is 42.7. The Hall–Kier alpha value is -2.62. The van der Waals surface area contributed by atoms with E-state index in [-0.39, 0.29) is 37.4 Å². The Bertz CT molecular complexity index is 2240. The van der Waals surface area contributed by atoms with E-state index < -0.39 is 43.7 Å². The fraction of sp³-hybridized carbons (Fsp3) is 0.366. The van der Waals surface area contributed by atoms with Crippen LogP contribution in [0.25, 0.3) is 11.0 Å². The number of ether oxygens (including phenoxy) is 4. The molecule has 5 N–H and O–H groups in total. The van der Waals surface area contributed by atoms with Crippen LogP contribution >= 0.6 is 43.0 Å². The Morgan fingerprint density at radius 3 is 1.80 bits per heavy atom. The minimum absolute atomic E-state index is 0. The second-order valence-electron chi connectivity index (χ2n) is 13.8. The molecule has 6 aromatic rings. The van der Waals surface area contributed by atoms with Crippen molar-refractivity contribution in [2.75, 3.05) is 11.5 Å². The molecule has 2 aliphatic rings. The van der Waals surface area contributed by atoms with Crippen LogP contribution in [0.1, 0.15) is 57.4 Å². The van der Waals surface area contributed by atoms with Crippen LogP contribution in [0, 0.1) is 48.6 Å². The van der Waals surface area contributed by atoms with Crippen LogP contribution in [-0.2, 0) is 42.7 Å². The van der Waals surface area contributed by atoms with Crippen LogP contribution in [0.5, 0.6) is 0 Å². The van der Waals surface area contributed by atoms with Gasteiger partial charge in [0.15, 0.2) is 17.7 Å². The summed E-state index contributed by atoms with van der Waals surface area (Å²) in [6.45, 7) is 24.0. The summed E-state index contributed by atoms with van der Waals surface area (Å²) in [5.74, 6) is -0.838. The molecule has 2 aliphatic heterocycles. The summed E-state index contributed by atoms with van der Waals surface area (Å²) in [6.07, 6.45) is 3.35. The molecule has 2 saturated heterocycles. The minimum atomic E-state index is -2.31. The summed E-state index contributed by atoms with van der Waals surface area (Å²) < 4.78 is 27.6. The number of carbonyl (C=O) groups is 1. The van der Waals surface area contributed by atoms with Crippen molar-refractivity contribution in [3.63, 3.8) is 0 Å². The van der Waals surface area contributed by atoms with E-state index in [0.717, 1.165) is 33.2 Å². The predicted molar refractivity (Wildman–Crippen MR) is 239 cm³/mol. The number of fused-ring (bicyclic) bond motifs is 2. The van der Waals surface area contributed by atoms with Gasteiger partial charge in [-0.2, -0.15) is 10.2 Å². The Kier molecular flexibility index (Phi) is 19.8. The monoisotopic (exact) mass is 1120 g/mol. The molecular formula is C41H50Cl3ILaN8O6-. The van der Waals surface area contributed by atoms with Crippen molar-refractivity contribution in [3.05, 3.63) is 126 Å². The molecule has 0 amide bonds. The molecule has 2 fully saturated rings. The molecule has 2 aromatic carbocycles. The van der Waals surface area contributed by atoms with Gasteiger partial charge in [0.2, 0.25) is 5.79 Å². The zero-order valence-electron chi connectivity index (χ0n) is 33.9. The van der Waals surface area contributed by atoms with Crippen LogP contribution in [0.2, 0.25) is 0 Å². The molecule has 0 radical (unpaired) electrons. The van der Waals surface area contributed by atoms with Crippen molar-refractivity contribution >= 4 is 71.6 Å². The van der Waals surface area contributed by atoms with Crippen molar-refractivity contribution < 1.29 is 54.5 Å². The van der Waals surface area contributed by atoms with E-state index in [4.69, 9.17) is 50.8 Å². The maximum atomic E-state index is 11.6. The summed E-state index contributed by atoms with van der Waals surface area (Å²) in [5.41, 5.74) is 15.6. The molecular weight excluding hydrogens is 1070 g/mol. The van der Waals surface area contributed by atoms with Gasteiger partial charge in [0, 0.05) is 11.8 Å². The molecule has 0 bridgehead atoms. The van der Waals surface area contributed by atoms with E-state index in [1.807, 2.05) is 100 Å². The standard InChI is InChI=1S/C20H24N4O3.C14H18O3.C6H5IN4.CH3.3ClH.La/c1-3-16-13(2)18(26-11-14-7-5-4-6-8-14)20(25,27-16)17-10-9-15-19(21)22-12-23-24(15)17;1-3-12-10(2)13(14(15)17-12)16-9-11-7-5-4-6-8-11;7-5-2-1-4-6(8)9-3-10-11(4)5;;;;;/h4-10,12-13,16,18,25H,3,11H2,1-2H3,(H2,21,22,23);4-8,10,12-13H,3,9H2,1-2H3;1-3H,(H2,8,9,10);1H3;3*1H;/q;;;-1;;;;+3/p-3/t13-,16-,18-,20?;10-,12-,13-;;;;;;/m11....../s1.